The molecule has 2 aliphatic rings. The van der Waals surface area contributed by atoms with Crippen molar-refractivity contribution in [1.29, 1.82) is 0 Å². The summed E-state index contributed by atoms with van der Waals surface area (Å²) in [6, 6.07) is 4.69. The van der Waals surface area contributed by atoms with Gasteiger partial charge in [0.25, 0.3) is 5.91 Å². The van der Waals surface area contributed by atoms with Crippen molar-refractivity contribution >= 4 is 12.0 Å². The van der Waals surface area contributed by atoms with Crippen molar-refractivity contribution in [3.63, 3.8) is 0 Å². The third-order valence-electron chi connectivity index (χ3n) is 4.05. The van der Waals surface area contributed by atoms with Crippen LogP contribution in [0, 0.1) is 0 Å². The van der Waals surface area contributed by atoms with Gasteiger partial charge in [-0.05, 0) is 23.3 Å². The molecular weight excluding hydrogens is 313 g/mol. The molecule has 1 N–H and O–H groups in total. The molecule has 3 rings (SSSR count). The number of rotatable bonds is 1. The van der Waals surface area contributed by atoms with Crippen LogP contribution in [0.25, 0.3) is 0 Å². The Balaban J connectivity index is 1.77. The lowest BCUT2D eigenvalue weighted by molar-refractivity contribution is -0.138. The number of carbonyl (C=O) groups excluding carboxylic acids is 1. The number of halogens is 3. The number of benzene rings is 1. The Hall–Kier alpha value is -2.51. The Kier molecular flexibility index (Phi) is 3.54. The number of hydrogen-bond acceptors (Lipinski definition) is 2. The van der Waals surface area contributed by atoms with Crippen molar-refractivity contribution in [1.82, 2.24) is 9.80 Å². The van der Waals surface area contributed by atoms with Gasteiger partial charge in [-0.15, -0.1) is 0 Å². The second-order valence-corrected chi connectivity index (χ2v) is 5.55. The summed E-state index contributed by atoms with van der Waals surface area (Å²) in [4.78, 5) is 25.9. The zero-order chi connectivity index (χ0) is 16.8. The van der Waals surface area contributed by atoms with Crippen LogP contribution in [-0.2, 0) is 6.18 Å². The van der Waals surface area contributed by atoms with Crippen LogP contribution in [0.5, 0.6) is 0 Å². The van der Waals surface area contributed by atoms with Crippen LogP contribution in [0.1, 0.15) is 15.9 Å². The minimum Gasteiger partial charge on any atom is -0.465 e. The zero-order valence-corrected chi connectivity index (χ0v) is 11.9. The van der Waals surface area contributed by atoms with E-state index in [1.165, 1.54) is 21.9 Å². The highest BCUT2D eigenvalue weighted by Gasteiger charge is 2.38. The van der Waals surface area contributed by atoms with Gasteiger partial charge in [0.2, 0.25) is 0 Å². The molecule has 0 spiro atoms. The van der Waals surface area contributed by atoms with E-state index < -0.39 is 23.7 Å². The van der Waals surface area contributed by atoms with Gasteiger partial charge in [-0.3, -0.25) is 4.79 Å². The lowest BCUT2D eigenvalue weighted by Gasteiger charge is -2.22. The highest BCUT2D eigenvalue weighted by atomic mass is 19.4. The molecule has 0 aromatic heterocycles. The summed E-state index contributed by atoms with van der Waals surface area (Å²) in [5, 5.41) is 8.94. The van der Waals surface area contributed by atoms with Gasteiger partial charge in [0, 0.05) is 26.2 Å². The van der Waals surface area contributed by atoms with Crippen molar-refractivity contribution < 1.29 is 27.9 Å². The van der Waals surface area contributed by atoms with Gasteiger partial charge in [-0.1, -0.05) is 12.1 Å². The van der Waals surface area contributed by atoms with Crippen LogP contribution in [-0.4, -0.2) is 53.1 Å². The van der Waals surface area contributed by atoms with Crippen molar-refractivity contribution in [3.8, 4) is 0 Å². The average Bonchev–Trinajstić information content (AvgIpc) is 3.04. The molecule has 2 amide bonds. The first kappa shape index (κ1) is 15.4. The van der Waals surface area contributed by atoms with Gasteiger partial charge in [0.15, 0.2) is 0 Å². The van der Waals surface area contributed by atoms with E-state index in [2.05, 4.69) is 0 Å². The van der Waals surface area contributed by atoms with Gasteiger partial charge < -0.3 is 14.9 Å². The molecule has 0 saturated carbocycles. The van der Waals surface area contributed by atoms with Gasteiger partial charge in [-0.25, -0.2) is 4.79 Å². The fourth-order valence-corrected chi connectivity index (χ4v) is 2.95. The molecule has 2 heterocycles. The predicted molar refractivity (Wildman–Crippen MR) is 74.0 cm³/mol. The third-order valence-corrected chi connectivity index (χ3v) is 4.05. The van der Waals surface area contributed by atoms with E-state index in [9.17, 15) is 22.8 Å². The van der Waals surface area contributed by atoms with E-state index in [1.54, 1.807) is 0 Å². The molecule has 0 radical (unpaired) electrons. The van der Waals surface area contributed by atoms with Crippen LogP contribution in [0.3, 0.4) is 0 Å². The van der Waals surface area contributed by atoms with Crippen LogP contribution >= 0.6 is 0 Å². The molecule has 0 bridgehead atoms. The quantitative estimate of drug-likeness (QED) is 0.807. The van der Waals surface area contributed by atoms with E-state index in [0.717, 1.165) is 23.3 Å². The number of carboxylic acid groups (broad SMARTS) is 1. The summed E-state index contributed by atoms with van der Waals surface area (Å²) in [5.41, 5.74) is 0.260. The molecular formula is C15H13F3N2O3. The average molecular weight is 326 g/mol. The van der Waals surface area contributed by atoms with Gasteiger partial charge in [0.05, 0.1) is 11.1 Å². The van der Waals surface area contributed by atoms with E-state index >= 15 is 0 Å². The highest BCUT2D eigenvalue weighted by Crippen LogP contribution is 2.34. The van der Waals surface area contributed by atoms with Gasteiger partial charge in [0.1, 0.15) is 0 Å². The Morgan fingerprint density at radius 3 is 2.00 bits per heavy atom. The third kappa shape index (κ3) is 2.76. The number of alkyl halides is 3. The molecule has 8 heteroatoms. The maximum Gasteiger partial charge on any atom is 0.417 e. The smallest absolute Gasteiger partial charge is 0.417 e. The topological polar surface area (TPSA) is 60.9 Å². The number of carbonyl (C=O) groups is 2. The Morgan fingerprint density at radius 1 is 0.957 bits per heavy atom. The molecule has 122 valence electrons. The van der Waals surface area contributed by atoms with Crippen molar-refractivity contribution in [2.45, 2.75) is 6.18 Å². The van der Waals surface area contributed by atoms with Crippen LogP contribution in [0.15, 0.2) is 35.4 Å². The largest absolute Gasteiger partial charge is 0.465 e. The minimum atomic E-state index is -4.59. The number of nitrogens with zero attached hydrogens (tertiary/aromatic N) is 2. The number of hydrogen-bond donors (Lipinski definition) is 1. The molecule has 2 aliphatic heterocycles. The second kappa shape index (κ2) is 5.29. The first-order valence-corrected chi connectivity index (χ1v) is 6.90. The summed E-state index contributed by atoms with van der Waals surface area (Å²) in [5.74, 6) is -0.686. The molecule has 5 nitrogen and oxygen atoms in total. The standard InChI is InChI=1S/C15H13F3N2O3/c16-15(17,18)12-4-2-1-3-11(12)13(21)19-5-9-7-20(14(22)23)8-10(9)6-19/h1-4H,5-8H2,(H,22,23). The molecule has 1 aromatic rings. The summed E-state index contributed by atoms with van der Waals surface area (Å²) < 4.78 is 39.0. The Labute approximate surface area is 129 Å². The first-order chi connectivity index (χ1) is 10.8. The van der Waals surface area contributed by atoms with E-state index in [0.29, 0.717) is 0 Å². The van der Waals surface area contributed by atoms with E-state index in [4.69, 9.17) is 5.11 Å². The lowest BCUT2D eigenvalue weighted by atomic mass is 10.1. The van der Waals surface area contributed by atoms with Crippen LogP contribution in [0.2, 0.25) is 0 Å². The SMILES string of the molecule is O=C(O)N1CC2=C(C1)CN(C(=O)c1ccccc1C(F)(F)F)C2. The molecule has 0 atom stereocenters. The van der Waals surface area contributed by atoms with Crippen molar-refractivity contribution in [2.75, 3.05) is 26.2 Å². The first-order valence-electron chi connectivity index (χ1n) is 6.90. The summed E-state index contributed by atoms with van der Waals surface area (Å²) in [6.07, 6.45) is -5.64. The van der Waals surface area contributed by atoms with E-state index in [1.807, 2.05) is 0 Å². The summed E-state index contributed by atoms with van der Waals surface area (Å²) >= 11 is 0. The van der Waals surface area contributed by atoms with Gasteiger partial charge >= 0.3 is 12.3 Å². The maximum atomic E-state index is 13.0. The Bertz CT molecular complexity index is 694. The monoisotopic (exact) mass is 326 g/mol. The van der Waals surface area contributed by atoms with Crippen LogP contribution < -0.4 is 0 Å². The Morgan fingerprint density at radius 2 is 1.48 bits per heavy atom. The highest BCUT2D eigenvalue weighted by molar-refractivity contribution is 5.96. The van der Waals surface area contributed by atoms with Crippen molar-refractivity contribution in [3.05, 3.63) is 46.5 Å². The van der Waals surface area contributed by atoms with Crippen molar-refractivity contribution in [2.24, 2.45) is 0 Å². The summed E-state index contributed by atoms with van der Waals surface area (Å²) in [7, 11) is 0. The normalized spacial score (nSPS) is 17.7. The number of amides is 2. The zero-order valence-electron chi connectivity index (χ0n) is 11.9. The maximum absolute atomic E-state index is 13.0. The molecule has 0 saturated heterocycles. The van der Waals surface area contributed by atoms with Crippen LogP contribution in [0.4, 0.5) is 18.0 Å². The van der Waals surface area contributed by atoms with E-state index in [-0.39, 0.29) is 31.7 Å². The predicted octanol–water partition coefficient (Wildman–Crippen LogP) is 2.45. The molecule has 23 heavy (non-hydrogen) atoms. The molecule has 1 aromatic carbocycles. The molecule has 0 aliphatic carbocycles. The van der Waals surface area contributed by atoms with Gasteiger partial charge in [-0.2, -0.15) is 13.2 Å². The lowest BCUT2D eigenvalue weighted by Crippen LogP contribution is -2.36. The fourth-order valence-electron chi connectivity index (χ4n) is 2.95. The summed E-state index contributed by atoms with van der Waals surface area (Å²) in [6.45, 7) is 0.749. The molecule has 0 unspecified atom stereocenters. The minimum absolute atomic E-state index is 0.171. The fraction of sp³-hybridized carbons (Fsp3) is 0.333. The molecule has 0 fully saturated rings. The second-order valence-electron chi connectivity index (χ2n) is 5.55.